The lowest BCUT2D eigenvalue weighted by atomic mass is 9.80. The highest BCUT2D eigenvalue weighted by Gasteiger charge is 2.46. The van der Waals surface area contributed by atoms with Crippen molar-refractivity contribution in [2.75, 3.05) is 4.90 Å². The maximum atomic E-state index is 13.3. The van der Waals surface area contributed by atoms with Gasteiger partial charge in [-0.3, -0.25) is 4.79 Å². The first kappa shape index (κ1) is 17.5. The van der Waals surface area contributed by atoms with Crippen LogP contribution in [0.3, 0.4) is 0 Å². The number of hydrogen-bond donors (Lipinski definition) is 0. The van der Waals surface area contributed by atoms with E-state index in [1.165, 1.54) is 12.8 Å². The second-order valence-corrected chi connectivity index (χ2v) is 7.04. The number of unbranched alkanes of at least 4 members (excludes halogenated alkanes) is 2. The molecule has 0 fully saturated rings. The normalized spacial score (nSPS) is 19.6. The predicted octanol–water partition coefficient (Wildman–Crippen LogP) is 5.63. The summed E-state index contributed by atoms with van der Waals surface area (Å²) in [6.45, 7) is 4.92. The fourth-order valence-corrected chi connectivity index (χ4v) is 3.58. The SMILES string of the molecule is CCCC/C=C/CC1(C)C(=O)N(Cc2ccccc2)c2ccccc21. The van der Waals surface area contributed by atoms with E-state index in [0.29, 0.717) is 6.54 Å². The predicted molar refractivity (Wildman–Crippen MR) is 105 cm³/mol. The van der Waals surface area contributed by atoms with Gasteiger partial charge in [-0.1, -0.05) is 80.4 Å². The van der Waals surface area contributed by atoms with Crippen LogP contribution in [0.15, 0.2) is 66.7 Å². The van der Waals surface area contributed by atoms with Gasteiger partial charge in [-0.25, -0.2) is 0 Å². The average molecular weight is 333 g/mol. The van der Waals surface area contributed by atoms with Crippen molar-refractivity contribution in [2.45, 2.75) is 51.5 Å². The Balaban J connectivity index is 1.85. The van der Waals surface area contributed by atoms with Gasteiger partial charge in [-0.05, 0) is 37.0 Å². The largest absolute Gasteiger partial charge is 0.307 e. The number of amides is 1. The van der Waals surface area contributed by atoms with Crippen LogP contribution in [-0.2, 0) is 16.8 Å². The van der Waals surface area contributed by atoms with Crippen molar-refractivity contribution in [3.05, 3.63) is 77.9 Å². The van der Waals surface area contributed by atoms with Crippen LogP contribution in [0.4, 0.5) is 5.69 Å². The molecule has 0 saturated carbocycles. The van der Waals surface area contributed by atoms with Gasteiger partial charge in [0.15, 0.2) is 0 Å². The summed E-state index contributed by atoms with van der Waals surface area (Å²) in [6.07, 6.45) is 8.68. The molecule has 0 spiro atoms. The smallest absolute Gasteiger partial charge is 0.238 e. The molecule has 1 aliphatic heterocycles. The topological polar surface area (TPSA) is 20.3 Å². The first-order chi connectivity index (χ1) is 12.2. The van der Waals surface area contributed by atoms with Crippen molar-refractivity contribution in [1.29, 1.82) is 0 Å². The third-order valence-electron chi connectivity index (χ3n) is 5.11. The van der Waals surface area contributed by atoms with Crippen LogP contribution in [0, 0.1) is 0 Å². The Kier molecular flexibility index (Phi) is 5.37. The summed E-state index contributed by atoms with van der Waals surface area (Å²) in [6, 6.07) is 18.5. The maximum absolute atomic E-state index is 13.3. The van der Waals surface area contributed by atoms with Gasteiger partial charge >= 0.3 is 0 Å². The summed E-state index contributed by atoms with van der Waals surface area (Å²) in [7, 11) is 0. The van der Waals surface area contributed by atoms with Crippen molar-refractivity contribution in [3.63, 3.8) is 0 Å². The van der Waals surface area contributed by atoms with E-state index in [9.17, 15) is 4.79 Å². The van der Waals surface area contributed by atoms with Gasteiger partial charge in [0.1, 0.15) is 0 Å². The molecule has 2 aromatic carbocycles. The molecule has 2 nitrogen and oxygen atoms in total. The number of benzene rings is 2. The van der Waals surface area contributed by atoms with Crippen LogP contribution in [0.25, 0.3) is 0 Å². The van der Waals surface area contributed by atoms with Gasteiger partial charge < -0.3 is 4.90 Å². The van der Waals surface area contributed by atoms with Crippen LogP contribution in [0.2, 0.25) is 0 Å². The minimum Gasteiger partial charge on any atom is -0.307 e. The number of carbonyl (C=O) groups is 1. The average Bonchev–Trinajstić information content (AvgIpc) is 2.85. The van der Waals surface area contributed by atoms with Crippen LogP contribution in [-0.4, -0.2) is 5.91 Å². The number of para-hydroxylation sites is 1. The molecule has 25 heavy (non-hydrogen) atoms. The van der Waals surface area contributed by atoms with Gasteiger partial charge in [-0.2, -0.15) is 0 Å². The van der Waals surface area contributed by atoms with E-state index in [0.717, 1.165) is 29.7 Å². The van der Waals surface area contributed by atoms with Crippen molar-refractivity contribution in [2.24, 2.45) is 0 Å². The molecule has 2 aromatic rings. The molecule has 0 N–H and O–H groups in total. The number of nitrogens with zero attached hydrogens (tertiary/aromatic N) is 1. The fraction of sp³-hybridized carbons (Fsp3) is 0.348. The number of rotatable bonds is 7. The standard InChI is InChI=1S/C23H27NO/c1-3-4-5-6-12-17-23(2)20-15-10-11-16-21(20)24(22(23)25)18-19-13-8-7-9-14-19/h6-16H,3-5,17-18H2,1-2H3/b12-6+. The molecule has 130 valence electrons. The molecule has 1 amide bonds. The molecule has 0 saturated heterocycles. The summed E-state index contributed by atoms with van der Waals surface area (Å²) in [5.41, 5.74) is 2.90. The van der Waals surface area contributed by atoms with Crippen LogP contribution in [0.5, 0.6) is 0 Å². The van der Waals surface area contributed by atoms with E-state index in [1.807, 2.05) is 35.2 Å². The third kappa shape index (κ3) is 3.53. The third-order valence-corrected chi connectivity index (χ3v) is 5.11. The quantitative estimate of drug-likeness (QED) is 0.475. The van der Waals surface area contributed by atoms with E-state index in [2.05, 4.69) is 50.3 Å². The molecular weight excluding hydrogens is 306 g/mol. The van der Waals surface area contributed by atoms with Gasteiger partial charge in [0.25, 0.3) is 0 Å². The van der Waals surface area contributed by atoms with E-state index in [1.54, 1.807) is 0 Å². The van der Waals surface area contributed by atoms with E-state index >= 15 is 0 Å². The van der Waals surface area contributed by atoms with Crippen LogP contribution in [0.1, 0.15) is 50.7 Å². The van der Waals surface area contributed by atoms with Crippen LogP contribution < -0.4 is 4.90 Å². The minimum atomic E-state index is -0.464. The van der Waals surface area contributed by atoms with Crippen molar-refractivity contribution < 1.29 is 4.79 Å². The molecule has 1 aliphatic rings. The lowest BCUT2D eigenvalue weighted by Crippen LogP contribution is -2.37. The molecule has 1 atom stereocenters. The number of fused-ring (bicyclic) bond motifs is 1. The lowest BCUT2D eigenvalue weighted by Gasteiger charge is -2.23. The summed E-state index contributed by atoms with van der Waals surface area (Å²) < 4.78 is 0. The minimum absolute atomic E-state index is 0.206. The number of allylic oxidation sites excluding steroid dienone is 2. The highest BCUT2D eigenvalue weighted by atomic mass is 16.2. The van der Waals surface area contributed by atoms with Gasteiger partial charge in [0, 0.05) is 5.69 Å². The Morgan fingerprint density at radius 3 is 2.48 bits per heavy atom. The first-order valence-electron chi connectivity index (χ1n) is 9.27. The van der Waals surface area contributed by atoms with E-state index < -0.39 is 5.41 Å². The van der Waals surface area contributed by atoms with Gasteiger partial charge in [0.05, 0.1) is 12.0 Å². The Hall–Kier alpha value is -2.35. The van der Waals surface area contributed by atoms with Crippen molar-refractivity contribution in [1.82, 2.24) is 0 Å². The molecule has 0 aliphatic carbocycles. The summed E-state index contributed by atoms with van der Waals surface area (Å²) in [4.78, 5) is 15.2. The Labute approximate surface area is 151 Å². The summed E-state index contributed by atoms with van der Waals surface area (Å²) in [5.74, 6) is 0.206. The summed E-state index contributed by atoms with van der Waals surface area (Å²) >= 11 is 0. The Morgan fingerprint density at radius 2 is 1.72 bits per heavy atom. The number of anilines is 1. The monoisotopic (exact) mass is 333 g/mol. The molecule has 1 heterocycles. The number of carbonyl (C=O) groups excluding carboxylic acids is 1. The first-order valence-corrected chi connectivity index (χ1v) is 9.27. The maximum Gasteiger partial charge on any atom is 0.238 e. The van der Waals surface area contributed by atoms with E-state index in [-0.39, 0.29) is 5.91 Å². The molecule has 0 radical (unpaired) electrons. The zero-order valence-corrected chi connectivity index (χ0v) is 15.2. The molecule has 1 unspecified atom stereocenters. The fourth-order valence-electron chi connectivity index (χ4n) is 3.58. The van der Waals surface area contributed by atoms with Crippen LogP contribution >= 0.6 is 0 Å². The van der Waals surface area contributed by atoms with Crippen molar-refractivity contribution >= 4 is 11.6 Å². The van der Waals surface area contributed by atoms with Gasteiger partial charge in [0.2, 0.25) is 5.91 Å². The number of hydrogen-bond acceptors (Lipinski definition) is 1. The Morgan fingerprint density at radius 1 is 1.00 bits per heavy atom. The molecule has 2 heteroatoms. The molecule has 0 bridgehead atoms. The van der Waals surface area contributed by atoms with E-state index in [4.69, 9.17) is 0 Å². The highest BCUT2D eigenvalue weighted by molar-refractivity contribution is 6.07. The van der Waals surface area contributed by atoms with Crippen molar-refractivity contribution in [3.8, 4) is 0 Å². The zero-order chi connectivity index (χ0) is 17.7. The molecule has 0 aromatic heterocycles. The lowest BCUT2D eigenvalue weighted by molar-refractivity contribution is -0.122. The second kappa shape index (κ2) is 7.69. The summed E-state index contributed by atoms with van der Waals surface area (Å²) in [5, 5.41) is 0. The van der Waals surface area contributed by atoms with Gasteiger partial charge in [-0.15, -0.1) is 0 Å². The molecular formula is C23H27NO. The molecule has 3 rings (SSSR count). The second-order valence-electron chi connectivity index (χ2n) is 7.04. The Bertz CT molecular complexity index is 750. The zero-order valence-electron chi connectivity index (χ0n) is 15.2. The highest BCUT2D eigenvalue weighted by Crippen LogP contribution is 2.44.